The van der Waals surface area contributed by atoms with Gasteiger partial charge in [-0.05, 0) is 71.3 Å². The molecule has 1 N–H and O–H groups in total. The highest BCUT2D eigenvalue weighted by atomic mass is 32.2. The maximum Gasteiger partial charge on any atom is 0.254 e. The molecular weight excluding hydrogens is 388 g/mol. The Kier molecular flexibility index (Phi) is 7.35. The minimum Gasteiger partial charge on any atom is -0.376 e. The van der Waals surface area contributed by atoms with Crippen molar-refractivity contribution < 1.29 is 13.2 Å². The molecule has 1 saturated carbocycles. The molecular formula is C22H34N2O4S. The molecule has 1 aliphatic carbocycles. The van der Waals surface area contributed by atoms with E-state index in [0.717, 1.165) is 31.4 Å². The summed E-state index contributed by atoms with van der Waals surface area (Å²) in [4.78, 5) is 12.9. The molecule has 0 saturated heterocycles. The van der Waals surface area contributed by atoms with Crippen molar-refractivity contribution in [3.63, 3.8) is 0 Å². The van der Waals surface area contributed by atoms with Crippen molar-refractivity contribution in [3.05, 3.63) is 45.9 Å². The highest BCUT2D eigenvalue weighted by Gasteiger charge is 2.34. The van der Waals surface area contributed by atoms with Crippen molar-refractivity contribution in [2.45, 2.75) is 77.5 Å². The second-order valence-corrected chi connectivity index (χ2v) is 10.4. The Morgan fingerprint density at radius 1 is 1.21 bits per heavy atom. The predicted molar refractivity (Wildman–Crippen MR) is 116 cm³/mol. The van der Waals surface area contributed by atoms with E-state index >= 15 is 0 Å². The number of hydrogen-bond acceptors (Lipinski definition) is 4. The van der Waals surface area contributed by atoms with Gasteiger partial charge < -0.3 is 9.30 Å². The van der Waals surface area contributed by atoms with Gasteiger partial charge >= 0.3 is 0 Å². The van der Waals surface area contributed by atoms with Crippen LogP contribution in [0.25, 0.3) is 0 Å². The van der Waals surface area contributed by atoms with Crippen LogP contribution in [0.3, 0.4) is 0 Å². The molecule has 0 unspecified atom stereocenters. The van der Waals surface area contributed by atoms with Crippen LogP contribution < -0.4 is 10.3 Å². The first kappa shape index (κ1) is 22.2. The molecule has 0 amide bonds. The molecule has 6 nitrogen and oxygen atoms in total. The summed E-state index contributed by atoms with van der Waals surface area (Å²) in [6.07, 6.45) is 10.1. The van der Waals surface area contributed by atoms with Crippen molar-refractivity contribution >= 4 is 10.0 Å². The lowest BCUT2D eigenvalue weighted by molar-refractivity contribution is -0.00355. The molecule has 29 heavy (non-hydrogen) atoms. The molecule has 0 bridgehead atoms. The Morgan fingerprint density at radius 2 is 1.93 bits per heavy atom. The minimum atomic E-state index is -3.36. The SMILES string of the molecule is C/C=C\C1CCC(OC[C@H]2[C@@H](NS(=O)(=O)CC)CCc3ccc(C)c(=O)n32)CC1. The van der Waals surface area contributed by atoms with E-state index in [1.165, 1.54) is 0 Å². The Hall–Kier alpha value is -1.44. The van der Waals surface area contributed by atoms with Crippen LogP contribution in [-0.4, -0.2) is 37.5 Å². The molecule has 0 spiro atoms. The summed E-state index contributed by atoms with van der Waals surface area (Å²) in [5, 5.41) is 0. The Balaban J connectivity index is 1.78. The zero-order valence-corrected chi connectivity index (χ0v) is 18.6. The normalized spacial score (nSPS) is 27.8. The van der Waals surface area contributed by atoms with E-state index in [1.54, 1.807) is 18.4 Å². The molecule has 2 heterocycles. The molecule has 1 fully saturated rings. The third kappa shape index (κ3) is 5.38. The third-order valence-corrected chi connectivity index (χ3v) is 7.72. The minimum absolute atomic E-state index is 0.0294. The number of fused-ring (bicyclic) bond motifs is 1. The summed E-state index contributed by atoms with van der Waals surface area (Å²) < 4.78 is 35.3. The van der Waals surface area contributed by atoms with Crippen LogP contribution in [0.5, 0.6) is 0 Å². The average molecular weight is 423 g/mol. The molecule has 2 aliphatic rings. The van der Waals surface area contributed by atoms with Gasteiger partial charge in [-0.25, -0.2) is 13.1 Å². The van der Waals surface area contributed by atoms with E-state index in [4.69, 9.17) is 4.74 Å². The molecule has 162 valence electrons. The van der Waals surface area contributed by atoms with Gasteiger partial charge in [0.05, 0.1) is 24.5 Å². The first-order chi connectivity index (χ1) is 13.8. The summed E-state index contributed by atoms with van der Waals surface area (Å²) in [6.45, 7) is 5.84. The number of allylic oxidation sites excluding steroid dienone is 2. The van der Waals surface area contributed by atoms with E-state index in [-0.39, 0.29) is 29.5 Å². The maximum atomic E-state index is 12.9. The van der Waals surface area contributed by atoms with E-state index in [9.17, 15) is 13.2 Å². The largest absolute Gasteiger partial charge is 0.376 e. The van der Waals surface area contributed by atoms with Gasteiger partial charge in [0.1, 0.15) is 0 Å². The Morgan fingerprint density at radius 3 is 2.59 bits per heavy atom. The summed E-state index contributed by atoms with van der Waals surface area (Å²) in [6, 6.07) is 3.19. The highest BCUT2D eigenvalue weighted by molar-refractivity contribution is 7.89. The Labute approximate surface area is 174 Å². The number of ether oxygens (including phenoxy) is 1. The van der Waals surface area contributed by atoms with Crippen molar-refractivity contribution in [2.75, 3.05) is 12.4 Å². The Bertz CT molecular complexity index is 883. The summed E-state index contributed by atoms with van der Waals surface area (Å²) in [5.41, 5.74) is 1.58. The zero-order valence-electron chi connectivity index (χ0n) is 17.8. The maximum absolute atomic E-state index is 12.9. The third-order valence-electron chi connectivity index (χ3n) is 6.30. The quantitative estimate of drug-likeness (QED) is 0.685. The number of pyridine rings is 1. The molecule has 3 rings (SSSR count). The van der Waals surface area contributed by atoms with Crippen LogP contribution in [0.15, 0.2) is 29.1 Å². The lowest BCUT2D eigenvalue weighted by Gasteiger charge is -2.37. The standard InChI is InChI=1S/C22H34N2O4S/c1-4-6-17-8-12-19(13-9-17)28-15-21-20(23-29(26,27)5-2)14-11-18-10-7-16(3)22(25)24(18)21/h4,6-7,10,17,19-21,23H,5,8-9,11-15H2,1-3H3/b6-4-/t17?,19?,20-,21-/m0/s1. The lowest BCUT2D eigenvalue weighted by atomic mass is 9.87. The van der Waals surface area contributed by atoms with Crippen molar-refractivity contribution in [1.82, 2.24) is 9.29 Å². The molecule has 0 radical (unpaired) electrons. The highest BCUT2D eigenvalue weighted by Crippen LogP contribution is 2.30. The molecule has 0 aromatic carbocycles. The number of nitrogens with zero attached hydrogens (tertiary/aromatic N) is 1. The van der Waals surface area contributed by atoms with Crippen LogP contribution in [0.4, 0.5) is 0 Å². The monoisotopic (exact) mass is 422 g/mol. The number of sulfonamides is 1. The molecule has 1 aliphatic heterocycles. The van der Waals surface area contributed by atoms with Crippen LogP contribution in [-0.2, 0) is 21.2 Å². The van der Waals surface area contributed by atoms with Crippen molar-refractivity contribution in [1.29, 1.82) is 0 Å². The van der Waals surface area contributed by atoms with E-state index < -0.39 is 10.0 Å². The van der Waals surface area contributed by atoms with Crippen molar-refractivity contribution in [2.24, 2.45) is 5.92 Å². The van der Waals surface area contributed by atoms with Gasteiger partial charge in [0.15, 0.2) is 0 Å². The van der Waals surface area contributed by atoms with Crippen LogP contribution in [0.2, 0.25) is 0 Å². The lowest BCUT2D eigenvalue weighted by Crippen LogP contribution is -2.50. The average Bonchev–Trinajstić information content (AvgIpc) is 2.71. The van der Waals surface area contributed by atoms with Gasteiger partial charge in [0.25, 0.3) is 5.56 Å². The van der Waals surface area contributed by atoms with Crippen LogP contribution in [0, 0.1) is 12.8 Å². The second-order valence-electron chi connectivity index (χ2n) is 8.31. The smallest absolute Gasteiger partial charge is 0.254 e. The first-order valence-electron chi connectivity index (χ1n) is 10.8. The predicted octanol–water partition coefficient (Wildman–Crippen LogP) is 3.10. The fourth-order valence-corrected chi connectivity index (χ4v) is 5.44. The summed E-state index contributed by atoms with van der Waals surface area (Å²) in [5.74, 6) is 0.659. The van der Waals surface area contributed by atoms with Crippen molar-refractivity contribution in [3.8, 4) is 0 Å². The second kappa shape index (κ2) is 9.58. The van der Waals surface area contributed by atoms with Gasteiger partial charge in [0, 0.05) is 17.3 Å². The van der Waals surface area contributed by atoms with Gasteiger partial charge in [-0.3, -0.25) is 4.79 Å². The molecule has 1 aromatic heterocycles. The van der Waals surface area contributed by atoms with E-state index in [1.807, 2.05) is 12.1 Å². The fraction of sp³-hybridized carbons (Fsp3) is 0.682. The van der Waals surface area contributed by atoms with Gasteiger partial charge in [-0.15, -0.1) is 0 Å². The van der Waals surface area contributed by atoms with Gasteiger partial charge in [-0.2, -0.15) is 0 Å². The molecule has 7 heteroatoms. The number of aryl methyl sites for hydroxylation is 2. The topological polar surface area (TPSA) is 77.4 Å². The van der Waals surface area contributed by atoms with Crippen LogP contribution in [0.1, 0.15) is 63.3 Å². The zero-order chi connectivity index (χ0) is 21.0. The first-order valence-corrected chi connectivity index (χ1v) is 12.4. The number of nitrogens with one attached hydrogen (secondary N) is 1. The van der Waals surface area contributed by atoms with Gasteiger partial charge in [0.2, 0.25) is 10.0 Å². The molecule has 2 atom stereocenters. The number of hydrogen-bond donors (Lipinski definition) is 1. The number of aromatic nitrogens is 1. The van der Waals surface area contributed by atoms with Crippen LogP contribution >= 0.6 is 0 Å². The van der Waals surface area contributed by atoms with E-state index in [0.29, 0.717) is 30.9 Å². The van der Waals surface area contributed by atoms with Gasteiger partial charge in [-0.1, -0.05) is 18.2 Å². The summed E-state index contributed by atoms with van der Waals surface area (Å²) >= 11 is 0. The summed E-state index contributed by atoms with van der Waals surface area (Å²) in [7, 11) is -3.36. The fourth-order valence-electron chi connectivity index (χ4n) is 4.53. The molecule has 1 aromatic rings. The van der Waals surface area contributed by atoms with E-state index in [2.05, 4.69) is 23.8 Å². The number of rotatable bonds is 7.